The van der Waals surface area contributed by atoms with Crippen LogP contribution in [0.3, 0.4) is 0 Å². The highest BCUT2D eigenvalue weighted by Crippen LogP contribution is 2.24. The molecule has 3 rings (SSSR count). The molecule has 0 N–H and O–H groups in total. The van der Waals surface area contributed by atoms with Crippen LogP contribution in [0, 0.1) is 0 Å². The van der Waals surface area contributed by atoms with Gasteiger partial charge in [-0.2, -0.15) is 0 Å². The Morgan fingerprint density at radius 2 is 2.26 bits per heavy atom. The first kappa shape index (κ1) is 12.4. The van der Waals surface area contributed by atoms with Gasteiger partial charge in [0.05, 0.1) is 31.6 Å². The molecular formula is C13H14N2O3S. The van der Waals surface area contributed by atoms with Gasteiger partial charge in [-0.25, -0.2) is 4.98 Å². The molecule has 0 spiro atoms. The molecule has 0 aliphatic carbocycles. The number of carbonyl (C=O) groups excluding carboxylic acids is 1. The summed E-state index contributed by atoms with van der Waals surface area (Å²) < 4.78 is 10.3. The summed E-state index contributed by atoms with van der Waals surface area (Å²) in [4.78, 5) is 18.4. The lowest BCUT2D eigenvalue weighted by atomic mass is 10.3. The van der Waals surface area contributed by atoms with E-state index >= 15 is 0 Å². The third-order valence-electron chi connectivity index (χ3n) is 3.02. The van der Waals surface area contributed by atoms with Gasteiger partial charge >= 0.3 is 0 Å². The second-order valence-electron chi connectivity index (χ2n) is 4.33. The van der Waals surface area contributed by atoms with Crippen molar-refractivity contribution >= 4 is 17.2 Å². The summed E-state index contributed by atoms with van der Waals surface area (Å²) in [6.07, 6.45) is 3.63. The molecule has 0 bridgehead atoms. The topological polar surface area (TPSA) is 55.6 Å². The molecule has 0 aromatic carbocycles. The zero-order valence-corrected chi connectivity index (χ0v) is 11.2. The van der Waals surface area contributed by atoms with E-state index in [1.165, 1.54) is 11.3 Å². The normalized spacial score (nSPS) is 15.7. The van der Waals surface area contributed by atoms with Gasteiger partial charge in [-0.3, -0.25) is 4.79 Å². The van der Waals surface area contributed by atoms with Gasteiger partial charge in [0.25, 0.3) is 0 Å². The molecule has 100 valence electrons. The smallest absolute Gasteiger partial charge is 0.228 e. The van der Waals surface area contributed by atoms with Crippen molar-refractivity contribution in [3.8, 4) is 10.6 Å². The molecule has 1 aliphatic heterocycles. The predicted octanol–water partition coefficient (Wildman–Crippen LogP) is 1.80. The number of ether oxygens (including phenoxy) is 1. The largest absolute Gasteiger partial charge is 0.472 e. The summed E-state index contributed by atoms with van der Waals surface area (Å²) in [6.45, 7) is 2.61. The van der Waals surface area contributed by atoms with E-state index in [4.69, 9.17) is 9.15 Å². The third kappa shape index (κ3) is 2.85. The van der Waals surface area contributed by atoms with Gasteiger partial charge in [0.2, 0.25) is 5.91 Å². The number of rotatable bonds is 3. The number of nitrogens with zero attached hydrogens (tertiary/aromatic N) is 2. The Hall–Kier alpha value is -1.66. The summed E-state index contributed by atoms with van der Waals surface area (Å²) in [7, 11) is 0. The minimum atomic E-state index is 0.118. The number of thiazole rings is 1. The maximum Gasteiger partial charge on any atom is 0.228 e. The van der Waals surface area contributed by atoms with E-state index in [0.29, 0.717) is 32.7 Å². The van der Waals surface area contributed by atoms with E-state index in [2.05, 4.69) is 4.98 Å². The van der Waals surface area contributed by atoms with Crippen LogP contribution < -0.4 is 0 Å². The first-order valence-electron chi connectivity index (χ1n) is 6.15. The van der Waals surface area contributed by atoms with Gasteiger partial charge in [-0.15, -0.1) is 11.3 Å². The minimum Gasteiger partial charge on any atom is -0.472 e. The average molecular weight is 278 g/mol. The molecule has 1 aliphatic rings. The fourth-order valence-electron chi connectivity index (χ4n) is 1.99. The van der Waals surface area contributed by atoms with E-state index < -0.39 is 0 Å². The van der Waals surface area contributed by atoms with Crippen LogP contribution in [0.4, 0.5) is 0 Å². The molecule has 0 atom stereocenters. The molecule has 0 saturated carbocycles. The Labute approximate surface area is 114 Å². The molecule has 2 aromatic rings. The molecule has 5 nitrogen and oxygen atoms in total. The van der Waals surface area contributed by atoms with Crippen molar-refractivity contribution < 1.29 is 13.9 Å². The predicted molar refractivity (Wildman–Crippen MR) is 70.9 cm³/mol. The van der Waals surface area contributed by atoms with Crippen molar-refractivity contribution in [3.05, 3.63) is 29.7 Å². The van der Waals surface area contributed by atoms with Crippen LogP contribution in [0.5, 0.6) is 0 Å². The maximum absolute atomic E-state index is 12.1. The van der Waals surface area contributed by atoms with Crippen molar-refractivity contribution in [1.82, 2.24) is 9.88 Å². The Morgan fingerprint density at radius 3 is 3.00 bits per heavy atom. The Bertz CT molecular complexity index is 544. The van der Waals surface area contributed by atoms with E-state index in [1.807, 2.05) is 16.3 Å². The SMILES string of the molecule is O=C(Cc1csc(-c2ccoc2)n1)N1CCOCC1. The number of carbonyl (C=O) groups is 1. The molecule has 6 heteroatoms. The fraction of sp³-hybridized carbons (Fsp3) is 0.385. The van der Waals surface area contributed by atoms with Gasteiger partial charge < -0.3 is 14.1 Å². The lowest BCUT2D eigenvalue weighted by Gasteiger charge is -2.26. The van der Waals surface area contributed by atoms with Crippen LogP contribution in [0.1, 0.15) is 5.69 Å². The second kappa shape index (κ2) is 5.54. The van der Waals surface area contributed by atoms with E-state index in [9.17, 15) is 4.79 Å². The van der Waals surface area contributed by atoms with E-state index in [1.54, 1.807) is 12.5 Å². The quantitative estimate of drug-likeness (QED) is 0.859. The van der Waals surface area contributed by atoms with E-state index in [-0.39, 0.29) is 5.91 Å². The Kier molecular flexibility index (Phi) is 3.61. The highest BCUT2D eigenvalue weighted by Gasteiger charge is 2.18. The third-order valence-corrected chi connectivity index (χ3v) is 3.96. The molecule has 2 aromatic heterocycles. The van der Waals surface area contributed by atoms with Gasteiger partial charge in [-0.1, -0.05) is 0 Å². The minimum absolute atomic E-state index is 0.118. The van der Waals surface area contributed by atoms with Crippen LogP contribution in [0.15, 0.2) is 28.4 Å². The highest BCUT2D eigenvalue weighted by molar-refractivity contribution is 7.13. The van der Waals surface area contributed by atoms with Crippen molar-refractivity contribution in [2.75, 3.05) is 26.3 Å². The first-order chi connectivity index (χ1) is 9.33. The van der Waals surface area contributed by atoms with Gasteiger partial charge in [0.1, 0.15) is 11.3 Å². The number of furan rings is 1. The van der Waals surface area contributed by atoms with Crippen molar-refractivity contribution in [1.29, 1.82) is 0 Å². The maximum atomic E-state index is 12.1. The van der Waals surface area contributed by atoms with Crippen molar-refractivity contribution in [2.45, 2.75) is 6.42 Å². The summed E-state index contributed by atoms with van der Waals surface area (Å²) >= 11 is 1.53. The molecule has 1 amide bonds. The van der Waals surface area contributed by atoms with Crippen molar-refractivity contribution in [3.63, 3.8) is 0 Å². The van der Waals surface area contributed by atoms with Crippen molar-refractivity contribution in [2.24, 2.45) is 0 Å². The lowest BCUT2D eigenvalue weighted by molar-refractivity contribution is -0.134. The number of hydrogen-bond acceptors (Lipinski definition) is 5. The molecule has 1 saturated heterocycles. The standard InChI is InChI=1S/C13H14N2O3S/c16-12(15-2-5-17-6-3-15)7-11-9-19-13(14-11)10-1-4-18-8-10/h1,4,8-9H,2-3,5-7H2. The Balaban J connectivity index is 1.65. The lowest BCUT2D eigenvalue weighted by Crippen LogP contribution is -2.41. The number of amides is 1. The molecule has 0 unspecified atom stereocenters. The Morgan fingerprint density at radius 1 is 1.42 bits per heavy atom. The monoisotopic (exact) mass is 278 g/mol. The second-order valence-corrected chi connectivity index (χ2v) is 5.18. The van der Waals surface area contributed by atoms with Gasteiger partial charge in [-0.05, 0) is 6.07 Å². The van der Waals surface area contributed by atoms with Gasteiger partial charge in [0, 0.05) is 24.0 Å². The summed E-state index contributed by atoms with van der Waals surface area (Å²) in [5, 5.41) is 2.82. The zero-order valence-electron chi connectivity index (χ0n) is 10.4. The number of morpholine rings is 1. The molecule has 1 fully saturated rings. The van der Waals surface area contributed by atoms with Crippen LogP contribution in [0.25, 0.3) is 10.6 Å². The number of aromatic nitrogens is 1. The van der Waals surface area contributed by atoms with Crippen LogP contribution >= 0.6 is 11.3 Å². The fourth-order valence-corrected chi connectivity index (χ4v) is 2.79. The molecule has 0 radical (unpaired) electrons. The highest BCUT2D eigenvalue weighted by atomic mass is 32.1. The van der Waals surface area contributed by atoms with Crippen LogP contribution in [0.2, 0.25) is 0 Å². The summed E-state index contributed by atoms with van der Waals surface area (Å²) in [5.74, 6) is 0.118. The summed E-state index contributed by atoms with van der Waals surface area (Å²) in [5.41, 5.74) is 1.77. The molecule has 3 heterocycles. The number of hydrogen-bond donors (Lipinski definition) is 0. The first-order valence-corrected chi connectivity index (χ1v) is 7.03. The molecule has 19 heavy (non-hydrogen) atoms. The van der Waals surface area contributed by atoms with Gasteiger partial charge in [0.15, 0.2) is 0 Å². The van der Waals surface area contributed by atoms with Crippen LogP contribution in [-0.4, -0.2) is 42.1 Å². The average Bonchev–Trinajstić information content (AvgIpc) is 3.10. The zero-order chi connectivity index (χ0) is 13.1. The van der Waals surface area contributed by atoms with Crippen LogP contribution in [-0.2, 0) is 16.0 Å². The molecular weight excluding hydrogens is 264 g/mol. The summed E-state index contributed by atoms with van der Waals surface area (Å²) in [6, 6.07) is 1.87. The van der Waals surface area contributed by atoms with E-state index in [0.717, 1.165) is 16.3 Å².